The van der Waals surface area contributed by atoms with Gasteiger partial charge in [0.2, 0.25) is 0 Å². The first-order valence-electron chi connectivity index (χ1n) is 9.12. The van der Waals surface area contributed by atoms with E-state index >= 15 is 0 Å². The summed E-state index contributed by atoms with van der Waals surface area (Å²) in [5.41, 5.74) is 5.79. The van der Waals surface area contributed by atoms with E-state index in [1.807, 2.05) is 0 Å². The maximum atomic E-state index is 12.3. The number of amides is 3. The number of halogens is 4. The molecule has 3 amide bonds. The number of hydrogen-bond acceptors (Lipinski definition) is 5. The van der Waals surface area contributed by atoms with Gasteiger partial charge in [-0.1, -0.05) is 41.4 Å². The maximum Gasteiger partial charge on any atom is 0.387 e. The van der Waals surface area contributed by atoms with E-state index in [-0.39, 0.29) is 22.9 Å². The predicted octanol–water partition coefficient (Wildman–Crippen LogP) is 4.26. The number of alkyl halides is 2. The minimum Gasteiger partial charge on any atom is -0.452 e. The van der Waals surface area contributed by atoms with Crippen LogP contribution in [-0.4, -0.2) is 30.6 Å². The molecule has 0 aliphatic carbocycles. The summed E-state index contributed by atoms with van der Waals surface area (Å²) >= 11 is 12.0. The molecule has 172 valence electrons. The maximum absolute atomic E-state index is 12.3. The van der Waals surface area contributed by atoms with E-state index in [1.165, 1.54) is 19.1 Å². The molecule has 8 nitrogen and oxygen atoms in total. The second-order valence-corrected chi connectivity index (χ2v) is 7.25. The molecule has 0 saturated carbocycles. The van der Waals surface area contributed by atoms with Crippen LogP contribution < -0.4 is 21.1 Å². The molecule has 2 atom stereocenters. The van der Waals surface area contributed by atoms with Crippen molar-refractivity contribution in [2.24, 2.45) is 5.73 Å². The Balaban J connectivity index is 1.99. The molecule has 0 saturated heterocycles. The molecule has 32 heavy (non-hydrogen) atoms. The number of esters is 1. The van der Waals surface area contributed by atoms with Crippen LogP contribution in [0.3, 0.4) is 0 Å². The third kappa shape index (κ3) is 7.54. The molecule has 0 fully saturated rings. The molecule has 12 heteroatoms. The summed E-state index contributed by atoms with van der Waals surface area (Å²) in [7, 11) is 0. The fourth-order valence-electron chi connectivity index (χ4n) is 2.65. The SMILES string of the molecule is CC(OC(=O)CC(NC(N)=O)c1ccccc1Cl)C(=O)Nc1ccc(OC(F)F)c(Cl)c1. The number of primary amides is 1. The lowest BCUT2D eigenvalue weighted by molar-refractivity contribution is -0.153. The third-order valence-electron chi connectivity index (χ3n) is 4.06. The molecule has 2 unspecified atom stereocenters. The second kappa shape index (κ2) is 11.5. The molecule has 0 heterocycles. The Kier molecular flexibility index (Phi) is 9.03. The van der Waals surface area contributed by atoms with E-state index in [2.05, 4.69) is 15.4 Å². The highest BCUT2D eigenvalue weighted by Gasteiger charge is 2.24. The number of anilines is 1. The van der Waals surface area contributed by atoms with Crippen LogP contribution in [-0.2, 0) is 14.3 Å². The molecule has 4 N–H and O–H groups in total. The van der Waals surface area contributed by atoms with Crippen LogP contribution in [0, 0.1) is 0 Å². The van der Waals surface area contributed by atoms with Crippen LogP contribution in [0.2, 0.25) is 10.0 Å². The number of carbonyl (C=O) groups excluding carboxylic acids is 3. The van der Waals surface area contributed by atoms with Gasteiger partial charge in [0.1, 0.15) is 5.75 Å². The first-order chi connectivity index (χ1) is 15.1. The zero-order valence-electron chi connectivity index (χ0n) is 16.6. The third-order valence-corrected chi connectivity index (χ3v) is 4.70. The number of hydrogen-bond donors (Lipinski definition) is 3. The summed E-state index contributed by atoms with van der Waals surface area (Å²) < 4.78 is 33.9. The fraction of sp³-hybridized carbons (Fsp3) is 0.250. The summed E-state index contributed by atoms with van der Waals surface area (Å²) in [6.07, 6.45) is -1.56. The quantitative estimate of drug-likeness (QED) is 0.454. The molecule has 0 radical (unpaired) electrons. The average Bonchev–Trinajstić information content (AvgIpc) is 2.69. The van der Waals surface area contributed by atoms with Crippen LogP contribution >= 0.6 is 23.2 Å². The first-order valence-corrected chi connectivity index (χ1v) is 9.87. The smallest absolute Gasteiger partial charge is 0.387 e. The molecular formula is C20H19Cl2F2N3O5. The second-order valence-electron chi connectivity index (χ2n) is 6.43. The molecule has 0 aromatic heterocycles. The van der Waals surface area contributed by atoms with Gasteiger partial charge in [0.05, 0.1) is 17.5 Å². The van der Waals surface area contributed by atoms with Gasteiger partial charge in [-0.15, -0.1) is 0 Å². The zero-order valence-corrected chi connectivity index (χ0v) is 18.1. The minimum atomic E-state index is -3.05. The van der Waals surface area contributed by atoms with Crippen molar-refractivity contribution in [3.8, 4) is 5.75 Å². The average molecular weight is 490 g/mol. The minimum absolute atomic E-state index is 0.146. The van der Waals surface area contributed by atoms with E-state index < -0.39 is 36.7 Å². The zero-order chi connectivity index (χ0) is 23.8. The predicted molar refractivity (Wildman–Crippen MR) is 114 cm³/mol. The van der Waals surface area contributed by atoms with Crippen molar-refractivity contribution in [3.63, 3.8) is 0 Å². The normalized spacial score (nSPS) is 12.6. The van der Waals surface area contributed by atoms with Crippen LogP contribution in [0.1, 0.15) is 24.9 Å². The summed E-state index contributed by atoms with van der Waals surface area (Å²) in [5, 5.41) is 5.01. The van der Waals surface area contributed by atoms with Crippen LogP contribution in [0.4, 0.5) is 19.3 Å². The Labute approximate surface area is 191 Å². The Morgan fingerprint density at radius 1 is 1.09 bits per heavy atom. The van der Waals surface area contributed by atoms with E-state index in [9.17, 15) is 23.2 Å². The fourth-order valence-corrected chi connectivity index (χ4v) is 3.14. The van der Waals surface area contributed by atoms with Crippen molar-refractivity contribution in [2.45, 2.75) is 32.1 Å². The molecule has 2 aromatic carbocycles. The lowest BCUT2D eigenvalue weighted by atomic mass is 10.0. The van der Waals surface area contributed by atoms with Gasteiger partial charge in [0.15, 0.2) is 6.10 Å². The molecular weight excluding hydrogens is 471 g/mol. The van der Waals surface area contributed by atoms with Crippen LogP contribution in [0.25, 0.3) is 0 Å². The molecule has 2 rings (SSSR count). The van der Waals surface area contributed by atoms with Gasteiger partial charge in [-0.05, 0) is 36.8 Å². The molecule has 0 aliphatic rings. The van der Waals surface area contributed by atoms with Crippen LogP contribution in [0.15, 0.2) is 42.5 Å². The van der Waals surface area contributed by atoms with Gasteiger partial charge in [-0.3, -0.25) is 9.59 Å². The Morgan fingerprint density at radius 2 is 1.78 bits per heavy atom. The van der Waals surface area contributed by atoms with Crippen molar-refractivity contribution in [1.82, 2.24) is 5.32 Å². The summed E-state index contributed by atoms with van der Waals surface area (Å²) in [6, 6.07) is 8.45. The van der Waals surface area contributed by atoms with Gasteiger partial charge < -0.3 is 25.8 Å². The van der Waals surface area contributed by atoms with E-state index in [0.717, 1.165) is 6.07 Å². The number of rotatable bonds is 9. The summed E-state index contributed by atoms with van der Waals surface area (Å²) in [5.74, 6) is -1.76. The topological polar surface area (TPSA) is 120 Å². The van der Waals surface area contributed by atoms with E-state index in [4.69, 9.17) is 33.7 Å². The lowest BCUT2D eigenvalue weighted by Crippen LogP contribution is -2.36. The van der Waals surface area contributed by atoms with Gasteiger partial charge in [0, 0.05) is 10.7 Å². The van der Waals surface area contributed by atoms with Gasteiger partial charge >= 0.3 is 18.6 Å². The Bertz CT molecular complexity index is 993. The number of nitrogens with one attached hydrogen (secondary N) is 2. The molecule has 0 spiro atoms. The number of nitrogens with two attached hydrogens (primary N) is 1. The monoisotopic (exact) mass is 489 g/mol. The highest BCUT2D eigenvalue weighted by molar-refractivity contribution is 6.32. The van der Waals surface area contributed by atoms with Crippen molar-refractivity contribution in [1.29, 1.82) is 0 Å². The Hall–Kier alpha value is -3.11. The van der Waals surface area contributed by atoms with Gasteiger partial charge in [0.25, 0.3) is 5.91 Å². The van der Waals surface area contributed by atoms with E-state index in [1.54, 1.807) is 24.3 Å². The highest BCUT2D eigenvalue weighted by Crippen LogP contribution is 2.29. The van der Waals surface area contributed by atoms with Crippen molar-refractivity contribution >= 4 is 46.8 Å². The molecule has 2 aromatic rings. The number of carbonyl (C=O) groups is 3. The number of urea groups is 1. The summed E-state index contributed by atoms with van der Waals surface area (Å²) in [4.78, 5) is 36.0. The lowest BCUT2D eigenvalue weighted by Gasteiger charge is -2.20. The van der Waals surface area contributed by atoms with Gasteiger partial charge in [-0.2, -0.15) is 8.78 Å². The number of ether oxygens (including phenoxy) is 2. The van der Waals surface area contributed by atoms with Crippen molar-refractivity contribution < 1.29 is 32.6 Å². The summed E-state index contributed by atoms with van der Waals surface area (Å²) in [6.45, 7) is -1.72. The number of benzene rings is 2. The van der Waals surface area contributed by atoms with Crippen molar-refractivity contribution in [3.05, 3.63) is 58.1 Å². The van der Waals surface area contributed by atoms with Crippen LogP contribution in [0.5, 0.6) is 5.75 Å². The van der Waals surface area contributed by atoms with Gasteiger partial charge in [-0.25, -0.2) is 4.79 Å². The first kappa shape index (κ1) is 25.2. The highest BCUT2D eigenvalue weighted by atomic mass is 35.5. The Morgan fingerprint density at radius 3 is 2.38 bits per heavy atom. The van der Waals surface area contributed by atoms with E-state index in [0.29, 0.717) is 10.6 Å². The van der Waals surface area contributed by atoms with Crippen molar-refractivity contribution in [2.75, 3.05) is 5.32 Å². The largest absolute Gasteiger partial charge is 0.452 e. The molecule has 0 aliphatic heterocycles. The molecule has 0 bridgehead atoms. The standard InChI is InChI=1S/C20H19Cl2F2N3O5/c1-10(18(29)26-11-6-7-16(14(22)8-11)32-19(23)24)31-17(28)9-15(27-20(25)30)12-4-2-3-5-13(12)21/h2-8,10,15,19H,9H2,1H3,(H,26,29)(H3,25,27,30).